The predicted molar refractivity (Wildman–Crippen MR) is 63.2 cm³/mol. The van der Waals surface area contributed by atoms with E-state index in [1.807, 2.05) is 13.8 Å². The molecule has 0 radical (unpaired) electrons. The maximum Gasteiger partial charge on any atom is 0.297 e. The van der Waals surface area contributed by atoms with E-state index in [1.54, 1.807) is 31.2 Å². The van der Waals surface area contributed by atoms with Crippen molar-refractivity contribution in [3.63, 3.8) is 0 Å². The maximum atomic E-state index is 11.9. The summed E-state index contributed by atoms with van der Waals surface area (Å²) in [6, 6.07) is 6.59. The summed E-state index contributed by atoms with van der Waals surface area (Å²) in [6.07, 6.45) is -0.482. The smallest absolute Gasteiger partial charge is 0.297 e. The van der Waals surface area contributed by atoms with Crippen molar-refractivity contribution >= 4 is 10.1 Å². The van der Waals surface area contributed by atoms with Crippen molar-refractivity contribution in [1.29, 1.82) is 0 Å². The van der Waals surface area contributed by atoms with Gasteiger partial charge >= 0.3 is 0 Å². The highest BCUT2D eigenvalue weighted by Crippen LogP contribution is 2.28. The standard InChI is InChI=1S/C12H16O4S/c1-8-4-6-11(7-5-8)17(13,14)16-10(3)12-9(2)15-12/h4-7,9-10,12H,1-3H3/t9-,10-,12+/m1/s1. The Labute approximate surface area is 102 Å². The van der Waals surface area contributed by atoms with Crippen LogP contribution in [-0.2, 0) is 19.0 Å². The molecule has 1 saturated heterocycles. The Morgan fingerprint density at radius 2 is 1.82 bits per heavy atom. The van der Waals surface area contributed by atoms with Crippen LogP contribution in [0.5, 0.6) is 0 Å². The number of hydrogen-bond donors (Lipinski definition) is 0. The van der Waals surface area contributed by atoms with E-state index in [0.717, 1.165) is 5.56 Å². The van der Waals surface area contributed by atoms with Gasteiger partial charge in [-0.05, 0) is 32.9 Å². The van der Waals surface area contributed by atoms with E-state index in [9.17, 15) is 8.42 Å². The fourth-order valence-corrected chi connectivity index (χ4v) is 2.80. The predicted octanol–water partition coefficient (Wildman–Crippen LogP) is 1.88. The second-order valence-electron chi connectivity index (χ2n) is 4.37. The van der Waals surface area contributed by atoms with Crippen LogP contribution in [0.15, 0.2) is 29.2 Å². The normalized spacial score (nSPS) is 25.6. The van der Waals surface area contributed by atoms with E-state index in [2.05, 4.69) is 0 Å². The summed E-state index contributed by atoms with van der Waals surface area (Å²) < 4.78 is 34.1. The molecule has 0 unspecified atom stereocenters. The van der Waals surface area contributed by atoms with E-state index < -0.39 is 16.2 Å². The lowest BCUT2D eigenvalue weighted by atomic mass is 10.2. The first-order valence-electron chi connectivity index (χ1n) is 5.55. The molecule has 1 heterocycles. The van der Waals surface area contributed by atoms with Crippen molar-refractivity contribution in [2.75, 3.05) is 0 Å². The Kier molecular flexibility index (Phi) is 3.25. The second-order valence-corrected chi connectivity index (χ2v) is 5.95. The van der Waals surface area contributed by atoms with Gasteiger partial charge in [-0.3, -0.25) is 4.18 Å². The third kappa shape index (κ3) is 2.86. The summed E-state index contributed by atoms with van der Waals surface area (Å²) in [6.45, 7) is 5.50. The van der Waals surface area contributed by atoms with Crippen LogP contribution in [0, 0.1) is 6.92 Å². The zero-order valence-corrected chi connectivity index (χ0v) is 10.9. The highest BCUT2D eigenvalue weighted by molar-refractivity contribution is 7.86. The monoisotopic (exact) mass is 256 g/mol. The minimum absolute atomic E-state index is 0.0817. The number of aryl methyl sites for hydroxylation is 1. The van der Waals surface area contributed by atoms with Crippen molar-refractivity contribution in [3.05, 3.63) is 29.8 Å². The summed E-state index contributed by atoms with van der Waals surface area (Å²) in [7, 11) is -3.68. The molecule has 94 valence electrons. The highest BCUT2D eigenvalue weighted by atomic mass is 32.2. The van der Waals surface area contributed by atoms with Crippen molar-refractivity contribution < 1.29 is 17.3 Å². The molecular formula is C12H16O4S. The van der Waals surface area contributed by atoms with Crippen LogP contribution in [0.25, 0.3) is 0 Å². The van der Waals surface area contributed by atoms with Gasteiger partial charge in [-0.15, -0.1) is 0 Å². The SMILES string of the molecule is Cc1ccc(S(=O)(=O)O[C@H](C)[C@H]2O[C@@H]2C)cc1. The zero-order chi connectivity index (χ0) is 12.6. The number of hydrogen-bond acceptors (Lipinski definition) is 4. The molecule has 0 bridgehead atoms. The molecular weight excluding hydrogens is 240 g/mol. The van der Waals surface area contributed by atoms with Crippen LogP contribution in [0.1, 0.15) is 19.4 Å². The molecule has 0 spiro atoms. The number of ether oxygens (including phenoxy) is 1. The van der Waals surface area contributed by atoms with Crippen LogP contribution in [0.2, 0.25) is 0 Å². The summed E-state index contributed by atoms with van der Waals surface area (Å²) in [4.78, 5) is 0.184. The van der Waals surface area contributed by atoms with Gasteiger partial charge in [0, 0.05) is 0 Å². The summed E-state index contributed by atoms with van der Waals surface area (Å²) in [5.74, 6) is 0. The number of rotatable bonds is 4. The highest BCUT2D eigenvalue weighted by Gasteiger charge is 2.41. The van der Waals surface area contributed by atoms with E-state index in [0.29, 0.717) is 0 Å². The van der Waals surface area contributed by atoms with Crippen molar-refractivity contribution in [2.45, 2.75) is 44.0 Å². The fourth-order valence-electron chi connectivity index (χ4n) is 1.71. The van der Waals surface area contributed by atoms with Crippen LogP contribution in [0.3, 0.4) is 0 Å². The minimum atomic E-state index is -3.68. The third-order valence-corrected chi connectivity index (χ3v) is 4.22. The average Bonchev–Trinajstić information content (AvgIpc) is 2.95. The molecule has 1 aliphatic heterocycles. The molecule has 1 aromatic carbocycles. The Hall–Kier alpha value is -0.910. The van der Waals surface area contributed by atoms with Crippen LogP contribution >= 0.6 is 0 Å². The largest absolute Gasteiger partial charge is 0.367 e. The topological polar surface area (TPSA) is 55.9 Å². The van der Waals surface area contributed by atoms with Crippen molar-refractivity contribution in [2.24, 2.45) is 0 Å². The molecule has 17 heavy (non-hydrogen) atoms. The Balaban J connectivity index is 2.11. The molecule has 0 N–H and O–H groups in total. The average molecular weight is 256 g/mol. The fraction of sp³-hybridized carbons (Fsp3) is 0.500. The van der Waals surface area contributed by atoms with Crippen molar-refractivity contribution in [1.82, 2.24) is 0 Å². The minimum Gasteiger partial charge on any atom is -0.367 e. The van der Waals surface area contributed by atoms with Gasteiger partial charge in [-0.1, -0.05) is 17.7 Å². The Morgan fingerprint density at radius 1 is 1.29 bits per heavy atom. The van der Waals surface area contributed by atoms with Crippen LogP contribution in [-0.4, -0.2) is 26.7 Å². The van der Waals surface area contributed by atoms with Gasteiger partial charge in [0.2, 0.25) is 0 Å². The molecule has 0 amide bonds. The van der Waals surface area contributed by atoms with Crippen LogP contribution < -0.4 is 0 Å². The Morgan fingerprint density at radius 3 is 2.29 bits per heavy atom. The number of benzene rings is 1. The third-order valence-electron chi connectivity index (χ3n) is 2.81. The first-order valence-corrected chi connectivity index (χ1v) is 6.96. The molecule has 0 aliphatic carbocycles. The maximum absolute atomic E-state index is 11.9. The van der Waals surface area contributed by atoms with Gasteiger partial charge in [0.25, 0.3) is 10.1 Å². The summed E-state index contributed by atoms with van der Waals surface area (Å²) in [5, 5.41) is 0. The molecule has 1 aliphatic rings. The molecule has 4 nitrogen and oxygen atoms in total. The van der Waals surface area contributed by atoms with Gasteiger partial charge in [0.1, 0.15) is 12.2 Å². The van der Waals surface area contributed by atoms with Gasteiger partial charge in [0.05, 0.1) is 11.0 Å². The molecule has 1 fully saturated rings. The lowest BCUT2D eigenvalue weighted by molar-refractivity contribution is 0.182. The Bertz CT molecular complexity index is 492. The van der Waals surface area contributed by atoms with Gasteiger partial charge < -0.3 is 4.74 Å². The molecule has 0 saturated carbocycles. The van der Waals surface area contributed by atoms with Crippen LogP contribution in [0.4, 0.5) is 0 Å². The van der Waals surface area contributed by atoms with Crippen molar-refractivity contribution in [3.8, 4) is 0 Å². The lowest BCUT2D eigenvalue weighted by Gasteiger charge is -2.10. The van der Waals surface area contributed by atoms with Gasteiger partial charge in [-0.2, -0.15) is 8.42 Å². The van der Waals surface area contributed by atoms with Gasteiger partial charge in [0.15, 0.2) is 0 Å². The summed E-state index contributed by atoms with van der Waals surface area (Å²) in [5.41, 5.74) is 1.01. The first-order chi connectivity index (χ1) is 7.90. The first kappa shape index (κ1) is 12.5. The van der Waals surface area contributed by atoms with E-state index in [1.165, 1.54) is 0 Å². The second kappa shape index (κ2) is 4.40. The summed E-state index contributed by atoms with van der Waals surface area (Å²) >= 11 is 0. The number of epoxide rings is 1. The van der Waals surface area contributed by atoms with Gasteiger partial charge in [-0.25, -0.2) is 0 Å². The molecule has 1 aromatic rings. The van der Waals surface area contributed by atoms with E-state index in [-0.39, 0.29) is 17.1 Å². The van der Waals surface area contributed by atoms with E-state index in [4.69, 9.17) is 8.92 Å². The quantitative estimate of drug-likeness (QED) is 0.609. The molecule has 0 aromatic heterocycles. The molecule has 3 atom stereocenters. The molecule has 2 rings (SSSR count). The lowest BCUT2D eigenvalue weighted by Crippen LogP contribution is -2.21. The molecule has 5 heteroatoms. The van der Waals surface area contributed by atoms with E-state index >= 15 is 0 Å². The zero-order valence-electron chi connectivity index (χ0n) is 10.1.